The first-order valence-electron chi connectivity index (χ1n) is 7.34. The minimum absolute atomic E-state index is 0.183. The molecule has 1 aromatic carbocycles. The molecule has 0 saturated carbocycles. The molecule has 23 heavy (non-hydrogen) atoms. The molecule has 0 radical (unpaired) electrons. The molecule has 1 saturated heterocycles. The largest absolute Gasteiger partial charge is 0.389 e. The fourth-order valence-electron chi connectivity index (χ4n) is 2.61. The number of amides is 1. The Bertz CT molecular complexity index is 662. The molecule has 0 spiro atoms. The van der Waals surface area contributed by atoms with Crippen molar-refractivity contribution < 1.29 is 15.0 Å². The number of rotatable bonds is 3. The van der Waals surface area contributed by atoms with Gasteiger partial charge < -0.3 is 20.0 Å². The van der Waals surface area contributed by atoms with Crippen molar-refractivity contribution in [3.63, 3.8) is 0 Å². The summed E-state index contributed by atoms with van der Waals surface area (Å²) in [6, 6.07) is 9.45. The van der Waals surface area contributed by atoms with E-state index in [2.05, 4.69) is 15.5 Å². The van der Waals surface area contributed by atoms with E-state index < -0.39 is 18.6 Å². The number of aliphatic hydroxyl groups is 2. The van der Waals surface area contributed by atoms with Gasteiger partial charge in [0.15, 0.2) is 0 Å². The van der Waals surface area contributed by atoms with Crippen molar-refractivity contribution in [1.82, 2.24) is 25.1 Å². The third-order valence-corrected chi connectivity index (χ3v) is 3.73. The molecule has 2 heterocycles. The van der Waals surface area contributed by atoms with E-state index in [1.807, 2.05) is 35.2 Å². The number of hydrogen-bond acceptors (Lipinski definition) is 7. The summed E-state index contributed by atoms with van der Waals surface area (Å²) in [6.45, 7) is 0.786. The summed E-state index contributed by atoms with van der Waals surface area (Å²) < 4.78 is 1.59. The highest BCUT2D eigenvalue weighted by Gasteiger charge is 2.27. The number of para-hydroxylation sites is 1. The average molecular weight is 318 g/mol. The summed E-state index contributed by atoms with van der Waals surface area (Å²) in [5.74, 6) is 0.113. The van der Waals surface area contributed by atoms with Crippen LogP contribution in [0.15, 0.2) is 30.3 Å². The molecular formula is C14H18N6O3. The van der Waals surface area contributed by atoms with E-state index >= 15 is 0 Å². The zero-order valence-corrected chi connectivity index (χ0v) is 12.5. The molecule has 2 N–H and O–H groups in total. The Hall–Kier alpha value is -2.52. The van der Waals surface area contributed by atoms with E-state index in [-0.39, 0.29) is 6.54 Å². The Morgan fingerprint density at radius 3 is 2.74 bits per heavy atom. The van der Waals surface area contributed by atoms with Crippen LogP contribution in [0.4, 0.5) is 5.95 Å². The van der Waals surface area contributed by atoms with Crippen molar-refractivity contribution in [2.45, 2.75) is 6.10 Å². The van der Waals surface area contributed by atoms with Gasteiger partial charge in [0.05, 0.1) is 11.8 Å². The molecule has 1 unspecified atom stereocenters. The maximum atomic E-state index is 11.6. The minimum Gasteiger partial charge on any atom is -0.389 e. The first-order chi connectivity index (χ1) is 11.2. The van der Waals surface area contributed by atoms with Crippen molar-refractivity contribution in [1.29, 1.82) is 0 Å². The molecule has 9 nitrogen and oxygen atoms in total. The first-order valence-corrected chi connectivity index (χ1v) is 7.34. The lowest BCUT2D eigenvalue weighted by Gasteiger charge is -2.21. The molecular weight excluding hydrogens is 300 g/mol. The Labute approximate surface area is 132 Å². The second kappa shape index (κ2) is 6.71. The van der Waals surface area contributed by atoms with E-state index in [9.17, 15) is 9.90 Å². The predicted molar refractivity (Wildman–Crippen MR) is 81.0 cm³/mol. The normalized spacial score (nSPS) is 18.8. The second-order valence-electron chi connectivity index (χ2n) is 5.32. The zero-order chi connectivity index (χ0) is 16.2. The number of carbonyl (C=O) groups excluding carboxylic acids is 1. The van der Waals surface area contributed by atoms with Crippen molar-refractivity contribution in [2.75, 3.05) is 37.7 Å². The first kappa shape index (κ1) is 15.4. The number of benzene rings is 1. The molecule has 1 aliphatic rings. The van der Waals surface area contributed by atoms with Gasteiger partial charge in [0, 0.05) is 26.2 Å². The molecule has 1 atom stereocenters. The predicted octanol–water partition coefficient (Wildman–Crippen LogP) is -1.34. The highest BCUT2D eigenvalue weighted by Crippen LogP contribution is 2.17. The van der Waals surface area contributed by atoms with Crippen LogP contribution in [0.25, 0.3) is 5.69 Å². The smallest absolute Gasteiger partial charge is 0.250 e. The molecule has 2 aromatic rings. The topological polar surface area (TPSA) is 108 Å². The second-order valence-corrected chi connectivity index (χ2v) is 5.32. The molecule has 3 rings (SSSR count). The molecule has 1 aromatic heterocycles. The molecule has 0 bridgehead atoms. The summed E-state index contributed by atoms with van der Waals surface area (Å²) in [7, 11) is 0. The van der Waals surface area contributed by atoms with Crippen LogP contribution < -0.4 is 4.90 Å². The fraction of sp³-hybridized carbons (Fsp3) is 0.429. The Morgan fingerprint density at radius 1 is 1.22 bits per heavy atom. The van der Waals surface area contributed by atoms with Crippen LogP contribution >= 0.6 is 0 Å². The lowest BCUT2D eigenvalue weighted by Crippen LogP contribution is -2.39. The van der Waals surface area contributed by atoms with Gasteiger partial charge in [0.25, 0.3) is 5.95 Å². The van der Waals surface area contributed by atoms with Gasteiger partial charge in [0.1, 0.15) is 6.61 Å². The van der Waals surface area contributed by atoms with Gasteiger partial charge in [-0.1, -0.05) is 23.3 Å². The number of anilines is 1. The highest BCUT2D eigenvalue weighted by atomic mass is 16.3. The van der Waals surface area contributed by atoms with Gasteiger partial charge in [-0.05, 0) is 22.6 Å². The SMILES string of the molecule is O=C(CO)N1CCN(c2nnnn2-c2ccccc2)CC(O)C1. The number of hydrogen-bond donors (Lipinski definition) is 2. The van der Waals surface area contributed by atoms with Gasteiger partial charge >= 0.3 is 0 Å². The minimum atomic E-state index is -0.742. The highest BCUT2D eigenvalue weighted by molar-refractivity contribution is 5.77. The number of β-amino-alcohol motifs (C(OH)–C–C–N with tert-alkyl or cyclic N) is 1. The van der Waals surface area contributed by atoms with Crippen LogP contribution in [-0.2, 0) is 4.79 Å². The maximum absolute atomic E-state index is 11.6. The molecule has 1 aliphatic heterocycles. The van der Waals surface area contributed by atoms with E-state index in [1.165, 1.54) is 4.90 Å². The molecule has 122 valence electrons. The summed E-state index contributed by atoms with van der Waals surface area (Å²) in [4.78, 5) is 14.9. The average Bonchev–Trinajstić information content (AvgIpc) is 2.98. The van der Waals surface area contributed by atoms with Crippen LogP contribution in [-0.4, -0.2) is 80.1 Å². The van der Waals surface area contributed by atoms with E-state index in [1.54, 1.807) is 4.68 Å². The van der Waals surface area contributed by atoms with Crippen molar-refractivity contribution in [3.8, 4) is 5.69 Å². The number of aliphatic hydroxyl groups excluding tert-OH is 2. The number of carbonyl (C=O) groups is 1. The lowest BCUT2D eigenvalue weighted by molar-refractivity contribution is -0.135. The third-order valence-electron chi connectivity index (χ3n) is 3.73. The summed E-state index contributed by atoms with van der Waals surface area (Å²) >= 11 is 0. The standard InChI is InChI=1S/C14H18N6O3/c21-10-13(23)18-6-7-19(9-12(22)8-18)14-15-16-17-20(14)11-4-2-1-3-5-11/h1-5,12,21-22H,6-10H2. The van der Waals surface area contributed by atoms with Crippen molar-refractivity contribution in [2.24, 2.45) is 0 Å². The van der Waals surface area contributed by atoms with Crippen molar-refractivity contribution >= 4 is 11.9 Å². The molecule has 0 aliphatic carbocycles. The van der Waals surface area contributed by atoms with E-state index in [0.717, 1.165) is 5.69 Å². The monoisotopic (exact) mass is 318 g/mol. The fourth-order valence-corrected chi connectivity index (χ4v) is 2.61. The Kier molecular flexibility index (Phi) is 4.49. The molecule has 1 fully saturated rings. The van der Waals surface area contributed by atoms with Gasteiger partial charge in [-0.2, -0.15) is 4.68 Å². The number of nitrogens with zero attached hydrogens (tertiary/aromatic N) is 6. The van der Waals surface area contributed by atoms with Gasteiger partial charge in [-0.3, -0.25) is 4.79 Å². The zero-order valence-electron chi connectivity index (χ0n) is 12.5. The molecule has 1 amide bonds. The van der Waals surface area contributed by atoms with E-state index in [0.29, 0.717) is 25.6 Å². The van der Waals surface area contributed by atoms with Crippen LogP contribution in [0.2, 0.25) is 0 Å². The third kappa shape index (κ3) is 3.30. The van der Waals surface area contributed by atoms with Crippen LogP contribution in [0, 0.1) is 0 Å². The van der Waals surface area contributed by atoms with Gasteiger partial charge in [0.2, 0.25) is 5.91 Å². The Balaban J connectivity index is 1.83. The van der Waals surface area contributed by atoms with Gasteiger partial charge in [-0.25, -0.2) is 0 Å². The number of tetrazole rings is 1. The Morgan fingerprint density at radius 2 is 2.00 bits per heavy atom. The summed E-state index contributed by atoms with van der Waals surface area (Å²) in [6.07, 6.45) is -0.742. The van der Waals surface area contributed by atoms with Crippen molar-refractivity contribution in [3.05, 3.63) is 30.3 Å². The van der Waals surface area contributed by atoms with E-state index in [4.69, 9.17) is 5.11 Å². The summed E-state index contributed by atoms with van der Waals surface area (Å²) in [5, 5.41) is 30.9. The van der Waals surface area contributed by atoms with Crippen LogP contribution in [0.3, 0.4) is 0 Å². The molecule has 9 heteroatoms. The van der Waals surface area contributed by atoms with Crippen LogP contribution in [0.5, 0.6) is 0 Å². The van der Waals surface area contributed by atoms with Crippen LogP contribution in [0.1, 0.15) is 0 Å². The lowest BCUT2D eigenvalue weighted by atomic mass is 10.3. The van der Waals surface area contributed by atoms with Gasteiger partial charge in [-0.15, -0.1) is 0 Å². The quantitative estimate of drug-likeness (QED) is 0.721. The maximum Gasteiger partial charge on any atom is 0.250 e. The summed E-state index contributed by atoms with van der Waals surface area (Å²) in [5.41, 5.74) is 0.814. The number of aromatic nitrogens is 4.